The van der Waals surface area contributed by atoms with E-state index in [0.29, 0.717) is 33.6 Å². The van der Waals surface area contributed by atoms with Crippen LogP contribution in [0.4, 0.5) is 17.6 Å². The van der Waals surface area contributed by atoms with Crippen molar-refractivity contribution in [2.45, 2.75) is 45.6 Å². The summed E-state index contributed by atoms with van der Waals surface area (Å²) in [5.41, 5.74) is 4.40. The summed E-state index contributed by atoms with van der Waals surface area (Å²) in [6.45, 7) is 3.63. The molecule has 4 rings (SSSR count). The highest BCUT2D eigenvalue weighted by Crippen LogP contribution is 2.39. The molecule has 0 aromatic heterocycles. The molecule has 0 heterocycles. The first-order valence-corrected chi connectivity index (χ1v) is 13.0. The molecular formula is C33H30F4O4. The van der Waals surface area contributed by atoms with Crippen molar-refractivity contribution in [3.8, 4) is 16.9 Å². The molecule has 0 spiro atoms. The second-order valence-electron chi connectivity index (χ2n) is 9.92. The molecule has 0 fully saturated rings. The lowest BCUT2D eigenvalue weighted by Gasteiger charge is -2.24. The molecule has 0 aliphatic rings. The number of methoxy groups -OCH3 is 1. The van der Waals surface area contributed by atoms with Crippen LogP contribution < -0.4 is 4.74 Å². The third-order valence-corrected chi connectivity index (χ3v) is 6.92. The Bertz CT molecular complexity index is 1510. The van der Waals surface area contributed by atoms with Crippen molar-refractivity contribution in [2.75, 3.05) is 7.11 Å². The number of rotatable bonds is 9. The van der Waals surface area contributed by atoms with Gasteiger partial charge < -0.3 is 14.6 Å². The molecule has 4 aromatic carbocycles. The average Bonchev–Trinajstić information content (AvgIpc) is 2.96. The minimum Gasteiger partial charge on any atom is -0.488 e. The van der Waals surface area contributed by atoms with Crippen molar-refractivity contribution in [1.82, 2.24) is 0 Å². The highest BCUT2D eigenvalue weighted by Gasteiger charge is 2.30. The van der Waals surface area contributed by atoms with Crippen molar-refractivity contribution < 1.29 is 36.9 Å². The number of ether oxygens (including phenoxy) is 2. The zero-order valence-electron chi connectivity index (χ0n) is 22.9. The summed E-state index contributed by atoms with van der Waals surface area (Å²) in [7, 11) is 1.28. The lowest BCUT2D eigenvalue weighted by molar-refractivity contribution is -0.137. The third kappa shape index (κ3) is 6.77. The fourth-order valence-electron chi connectivity index (χ4n) is 4.87. The number of hydrogen-bond acceptors (Lipinski definition) is 4. The van der Waals surface area contributed by atoms with Crippen LogP contribution in [-0.4, -0.2) is 18.2 Å². The number of para-hydroxylation sites is 1. The molecule has 0 aliphatic carbocycles. The summed E-state index contributed by atoms with van der Waals surface area (Å²) in [6, 6.07) is 19.4. The van der Waals surface area contributed by atoms with Gasteiger partial charge in [0.05, 0.1) is 19.3 Å². The van der Waals surface area contributed by atoms with Crippen molar-refractivity contribution in [1.29, 1.82) is 0 Å². The third-order valence-electron chi connectivity index (χ3n) is 6.92. The summed E-state index contributed by atoms with van der Waals surface area (Å²) in [6.07, 6.45) is -4.16. The van der Waals surface area contributed by atoms with E-state index in [9.17, 15) is 27.5 Å². The molecule has 0 unspecified atom stereocenters. The van der Waals surface area contributed by atoms with Gasteiger partial charge in [0.25, 0.3) is 0 Å². The van der Waals surface area contributed by atoms with Crippen molar-refractivity contribution in [2.24, 2.45) is 0 Å². The van der Waals surface area contributed by atoms with Crippen molar-refractivity contribution in [3.05, 3.63) is 124 Å². The Kier molecular flexibility index (Phi) is 9.13. The molecule has 8 heteroatoms. The van der Waals surface area contributed by atoms with Crippen LogP contribution in [0.15, 0.2) is 78.9 Å². The van der Waals surface area contributed by atoms with Crippen LogP contribution in [0.3, 0.4) is 0 Å². The lowest BCUT2D eigenvalue weighted by Crippen LogP contribution is -2.11. The van der Waals surface area contributed by atoms with Gasteiger partial charge in [0, 0.05) is 0 Å². The molecule has 0 aliphatic heterocycles. The standard InChI is InChI=1S/C33H30F4O4/c1-20(2)27-17-23(19-41-30-7-5-4-6-26(30)32(39)40-3)29(18-38)31(22-10-14-25(34)15-11-22)28(27)16-21-8-12-24(13-9-21)33(35,36)37/h4-15,17,20,38H,16,18-19H2,1-3H3. The Morgan fingerprint density at radius 1 is 0.927 bits per heavy atom. The van der Waals surface area contributed by atoms with Crippen LogP contribution in [0.1, 0.15) is 63.5 Å². The fourth-order valence-corrected chi connectivity index (χ4v) is 4.87. The Labute approximate surface area is 236 Å². The van der Waals surface area contributed by atoms with E-state index in [4.69, 9.17) is 9.47 Å². The summed E-state index contributed by atoms with van der Waals surface area (Å²) in [4.78, 5) is 12.2. The monoisotopic (exact) mass is 566 g/mol. The van der Waals surface area contributed by atoms with E-state index >= 15 is 0 Å². The van der Waals surface area contributed by atoms with Gasteiger partial charge in [0.1, 0.15) is 23.7 Å². The summed E-state index contributed by atoms with van der Waals surface area (Å²) in [5.74, 6) is -0.671. The summed E-state index contributed by atoms with van der Waals surface area (Å²) in [5, 5.41) is 10.6. The van der Waals surface area contributed by atoms with Gasteiger partial charge in [-0.25, -0.2) is 9.18 Å². The number of hydrogen-bond donors (Lipinski definition) is 1. The van der Waals surface area contributed by atoms with Crippen LogP contribution >= 0.6 is 0 Å². The second kappa shape index (κ2) is 12.6. The van der Waals surface area contributed by atoms with E-state index < -0.39 is 23.5 Å². The van der Waals surface area contributed by atoms with Gasteiger partial charge >= 0.3 is 12.1 Å². The zero-order valence-corrected chi connectivity index (χ0v) is 22.9. The largest absolute Gasteiger partial charge is 0.488 e. The second-order valence-corrected chi connectivity index (χ2v) is 9.92. The normalized spacial score (nSPS) is 11.5. The van der Waals surface area contributed by atoms with Gasteiger partial charge in [-0.1, -0.05) is 56.3 Å². The predicted molar refractivity (Wildman–Crippen MR) is 148 cm³/mol. The zero-order chi connectivity index (χ0) is 29.7. The maximum atomic E-state index is 13.9. The topological polar surface area (TPSA) is 55.8 Å². The van der Waals surface area contributed by atoms with Gasteiger partial charge in [-0.3, -0.25) is 0 Å². The SMILES string of the molecule is COC(=O)c1ccccc1OCc1cc(C(C)C)c(Cc2ccc(C(F)(F)F)cc2)c(-c2ccc(F)cc2)c1CO. The number of aliphatic hydroxyl groups excluding tert-OH is 1. The maximum Gasteiger partial charge on any atom is 0.416 e. The molecular weight excluding hydrogens is 536 g/mol. The Hall–Kier alpha value is -4.17. The smallest absolute Gasteiger partial charge is 0.416 e. The average molecular weight is 567 g/mol. The number of alkyl halides is 3. The fraction of sp³-hybridized carbons (Fsp3) is 0.242. The molecule has 0 saturated carbocycles. The lowest BCUT2D eigenvalue weighted by atomic mass is 9.82. The minimum absolute atomic E-state index is 0.00695. The Morgan fingerprint density at radius 2 is 1.59 bits per heavy atom. The molecule has 4 nitrogen and oxygen atoms in total. The molecule has 1 N–H and O–H groups in total. The van der Waals surface area contributed by atoms with Gasteiger partial charge in [-0.05, 0) is 87.7 Å². The van der Waals surface area contributed by atoms with Crippen LogP contribution in [-0.2, 0) is 30.5 Å². The Morgan fingerprint density at radius 3 is 2.17 bits per heavy atom. The summed E-state index contributed by atoms with van der Waals surface area (Å²) >= 11 is 0. The van der Waals surface area contributed by atoms with Crippen LogP contribution in [0, 0.1) is 5.82 Å². The quantitative estimate of drug-likeness (QED) is 0.164. The van der Waals surface area contributed by atoms with Gasteiger partial charge in [0.15, 0.2) is 0 Å². The molecule has 0 saturated heterocycles. The number of halogens is 4. The van der Waals surface area contributed by atoms with Crippen LogP contribution in [0.2, 0.25) is 0 Å². The first-order valence-electron chi connectivity index (χ1n) is 13.0. The molecule has 0 atom stereocenters. The molecule has 0 bridgehead atoms. The predicted octanol–water partition coefficient (Wildman–Crippen LogP) is 8.08. The number of aliphatic hydroxyl groups is 1. The van der Waals surface area contributed by atoms with E-state index in [0.717, 1.165) is 23.3 Å². The van der Waals surface area contributed by atoms with Crippen LogP contribution in [0.25, 0.3) is 11.1 Å². The van der Waals surface area contributed by atoms with E-state index in [2.05, 4.69) is 0 Å². The maximum absolute atomic E-state index is 13.9. The number of carbonyl (C=O) groups excluding carboxylic acids is 1. The van der Waals surface area contributed by atoms with Crippen molar-refractivity contribution >= 4 is 5.97 Å². The minimum atomic E-state index is -4.45. The van der Waals surface area contributed by atoms with Gasteiger partial charge in [-0.2, -0.15) is 13.2 Å². The van der Waals surface area contributed by atoms with E-state index in [1.165, 1.54) is 31.4 Å². The number of carbonyl (C=O) groups is 1. The molecule has 0 radical (unpaired) electrons. The Balaban J connectivity index is 1.85. The first kappa shape index (κ1) is 29.8. The first-order chi connectivity index (χ1) is 19.5. The summed E-state index contributed by atoms with van der Waals surface area (Å²) < 4.78 is 64.3. The molecule has 4 aromatic rings. The van der Waals surface area contributed by atoms with Gasteiger partial charge in [-0.15, -0.1) is 0 Å². The number of esters is 1. The van der Waals surface area contributed by atoms with Crippen molar-refractivity contribution in [3.63, 3.8) is 0 Å². The van der Waals surface area contributed by atoms with E-state index in [-0.39, 0.29) is 31.1 Å². The molecule has 214 valence electrons. The highest BCUT2D eigenvalue weighted by atomic mass is 19.4. The molecule has 41 heavy (non-hydrogen) atoms. The van der Waals surface area contributed by atoms with Gasteiger partial charge in [0.2, 0.25) is 0 Å². The van der Waals surface area contributed by atoms with Crippen LogP contribution in [0.5, 0.6) is 5.75 Å². The van der Waals surface area contributed by atoms with E-state index in [1.54, 1.807) is 36.4 Å². The number of benzene rings is 4. The van der Waals surface area contributed by atoms with E-state index in [1.807, 2.05) is 19.9 Å². The molecule has 0 amide bonds. The highest BCUT2D eigenvalue weighted by molar-refractivity contribution is 5.92.